The van der Waals surface area contributed by atoms with Gasteiger partial charge in [-0.05, 0) is 20.3 Å². The second-order valence-corrected chi connectivity index (χ2v) is 3.46. The average Bonchev–Trinajstić information content (AvgIpc) is 2.15. The van der Waals surface area contributed by atoms with Crippen LogP contribution in [-0.2, 0) is 0 Å². The second-order valence-electron chi connectivity index (χ2n) is 3.46. The van der Waals surface area contributed by atoms with E-state index in [4.69, 9.17) is 4.74 Å². The summed E-state index contributed by atoms with van der Waals surface area (Å²) >= 11 is 0. The van der Waals surface area contributed by atoms with Crippen molar-refractivity contribution in [3.8, 4) is 5.75 Å². The summed E-state index contributed by atoms with van der Waals surface area (Å²) < 4.78 is 5.23. The van der Waals surface area contributed by atoms with Crippen LogP contribution in [0.2, 0.25) is 0 Å². The van der Waals surface area contributed by atoms with Crippen molar-refractivity contribution in [2.45, 2.75) is 33.3 Å². The molecule has 0 atom stereocenters. The van der Waals surface area contributed by atoms with Crippen LogP contribution in [0.25, 0.3) is 0 Å². The molecule has 1 aromatic rings. The second kappa shape index (κ2) is 4.26. The van der Waals surface area contributed by atoms with Crippen LogP contribution in [0.3, 0.4) is 0 Å². The zero-order valence-corrected chi connectivity index (χ0v) is 8.72. The third-order valence-electron chi connectivity index (χ3n) is 1.77. The molecule has 0 aliphatic rings. The average molecular weight is 197 g/mol. The van der Waals surface area contributed by atoms with Crippen molar-refractivity contribution in [1.29, 1.82) is 0 Å². The van der Waals surface area contributed by atoms with Gasteiger partial charge in [-0.15, -0.1) is 0 Å². The molecule has 0 saturated heterocycles. The maximum Gasteiger partial charge on any atom is 0.272 e. The smallest absolute Gasteiger partial charge is 0.272 e. The third kappa shape index (κ3) is 1.95. The van der Waals surface area contributed by atoms with Gasteiger partial charge in [0.2, 0.25) is 0 Å². The highest BCUT2D eigenvalue weighted by Gasteiger charge is 2.22. The molecule has 0 bridgehead atoms. The lowest BCUT2D eigenvalue weighted by atomic mass is 10.2. The lowest BCUT2D eigenvalue weighted by Crippen LogP contribution is -2.37. The molecule has 0 spiro atoms. The molecule has 14 heavy (non-hydrogen) atoms. The van der Waals surface area contributed by atoms with Gasteiger partial charge in [0.15, 0.2) is 5.75 Å². The fourth-order valence-corrected chi connectivity index (χ4v) is 1.13. The molecule has 0 amide bonds. The maximum atomic E-state index is 11.1. The number of hydrogen-bond donors (Lipinski definition) is 1. The zero-order chi connectivity index (χ0) is 10.7. The monoisotopic (exact) mass is 197 g/mol. The summed E-state index contributed by atoms with van der Waals surface area (Å²) in [7, 11) is 0. The lowest BCUT2D eigenvalue weighted by Gasteiger charge is -2.15. The van der Waals surface area contributed by atoms with Gasteiger partial charge in [0, 0.05) is 6.54 Å². The van der Waals surface area contributed by atoms with Gasteiger partial charge in [0.1, 0.15) is 5.69 Å². The first-order valence-electron chi connectivity index (χ1n) is 4.81. The molecule has 0 unspecified atom stereocenters. The fraction of sp³-hybridized carbons (Fsp3) is 0.600. The summed E-state index contributed by atoms with van der Waals surface area (Å²) in [4.78, 5) is 22.2. The van der Waals surface area contributed by atoms with Crippen LogP contribution >= 0.6 is 0 Å². The highest BCUT2D eigenvalue weighted by atomic mass is 16.5. The molecule has 0 aromatic heterocycles. The Morgan fingerprint density at radius 3 is 2.43 bits per heavy atom. The molecular formula is C10H15NO3. The van der Waals surface area contributed by atoms with Gasteiger partial charge in [0.05, 0.1) is 6.10 Å². The molecule has 0 aliphatic heterocycles. The van der Waals surface area contributed by atoms with Gasteiger partial charge in [-0.1, -0.05) is 6.92 Å². The molecule has 78 valence electrons. The van der Waals surface area contributed by atoms with E-state index in [1.807, 2.05) is 20.8 Å². The largest absolute Gasteiger partial charge is 0.485 e. The molecule has 4 nitrogen and oxygen atoms in total. The molecule has 0 heterocycles. The van der Waals surface area contributed by atoms with Crippen molar-refractivity contribution in [2.75, 3.05) is 11.9 Å². The Morgan fingerprint density at radius 1 is 1.29 bits per heavy atom. The van der Waals surface area contributed by atoms with Crippen LogP contribution in [0.1, 0.15) is 27.2 Å². The summed E-state index contributed by atoms with van der Waals surface area (Å²) in [6.07, 6.45) is 0.820. The van der Waals surface area contributed by atoms with Crippen LogP contribution in [0.5, 0.6) is 5.75 Å². The van der Waals surface area contributed by atoms with E-state index in [-0.39, 0.29) is 11.9 Å². The molecule has 0 saturated carbocycles. The Bertz CT molecular complexity index is 375. The first-order valence-corrected chi connectivity index (χ1v) is 4.81. The minimum Gasteiger partial charge on any atom is -0.485 e. The van der Waals surface area contributed by atoms with E-state index in [1.165, 1.54) is 0 Å². The molecule has 0 radical (unpaired) electrons. The summed E-state index contributed by atoms with van der Waals surface area (Å²) in [5.41, 5.74) is -0.642. The van der Waals surface area contributed by atoms with Crippen molar-refractivity contribution < 1.29 is 4.74 Å². The van der Waals surface area contributed by atoms with Gasteiger partial charge < -0.3 is 10.1 Å². The van der Waals surface area contributed by atoms with Crippen LogP contribution in [0, 0.1) is 0 Å². The normalized spacial score (nSPS) is 10.9. The molecule has 1 N–H and O–H groups in total. The van der Waals surface area contributed by atoms with Crippen molar-refractivity contribution in [3.63, 3.8) is 0 Å². The van der Waals surface area contributed by atoms with Crippen molar-refractivity contribution in [1.82, 2.24) is 0 Å². The predicted molar refractivity (Wildman–Crippen MR) is 55.9 cm³/mol. The Balaban J connectivity index is 2.78. The number of anilines is 1. The van der Waals surface area contributed by atoms with Crippen LogP contribution < -0.4 is 20.9 Å². The van der Waals surface area contributed by atoms with Crippen molar-refractivity contribution >= 4 is 5.69 Å². The van der Waals surface area contributed by atoms with Gasteiger partial charge in [-0.25, -0.2) is 0 Å². The number of nitrogens with one attached hydrogen (secondary N) is 1. The Morgan fingerprint density at radius 2 is 1.93 bits per heavy atom. The van der Waals surface area contributed by atoms with Crippen molar-refractivity contribution in [2.24, 2.45) is 0 Å². The number of rotatable bonds is 5. The highest BCUT2D eigenvalue weighted by Crippen LogP contribution is 2.18. The van der Waals surface area contributed by atoms with Crippen LogP contribution in [0.15, 0.2) is 9.59 Å². The maximum absolute atomic E-state index is 11.1. The topological polar surface area (TPSA) is 55.4 Å². The number of ether oxygens (including phenoxy) is 1. The minimum absolute atomic E-state index is 0.0829. The SMILES string of the molecule is CCCNc1c(OC(C)C)c(=O)c1=O. The standard InChI is InChI=1S/C10H15NO3/c1-4-5-11-7-8(12)9(13)10(7)14-6(2)3/h6,11H,4-5H2,1-3H3. The molecule has 0 aliphatic carbocycles. The predicted octanol–water partition coefficient (Wildman–Crippen LogP) is 0.892. The van der Waals surface area contributed by atoms with Crippen LogP contribution in [0.4, 0.5) is 5.69 Å². The van der Waals surface area contributed by atoms with E-state index in [9.17, 15) is 9.59 Å². The fourth-order valence-electron chi connectivity index (χ4n) is 1.13. The van der Waals surface area contributed by atoms with E-state index in [2.05, 4.69) is 5.32 Å². The molecular weight excluding hydrogens is 182 g/mol. The molecule has 1 aromatic carbocycles. The zero-order valence-electron chi connectivity index (χ0n) is 8.72. The highest BCUT2D eigenvalue weighted by molar-refractivity contribution is 5.61. The Labute approximate surface area is 82.6 Å². The number of hydrogen-bond acceptors (Lipinski definition) is 4. The quantitative estimate of drug-likeness (QED) is 0.712. The summed E-state index contributed by atoms with van der Waals surface area (Å²) in [6, 6.07) is 0. The third-order valence-corrected chi connectivity index (χ3v) is 1.77. The van der Waals surface area contributed by atoms with E-state index in [1.54, 1.807) is 0 Å². The van der Waals surface area contributed by atoms with E-state index in [0.29, 0.717) is 12.2 Å². The summed E-state index contributed by atoms with van der Waals surface area (Å²) in [5, 5.41) is 2.89. The first-order chi connectivity index (χ1) is 6.57. The Hall–Kier alpha value is -1.32. The van der Waals surface area contributed by atoms with E-state index < -0.39 is 10.9 Å². The Kier molecular flexibility index (Phi) is 3.28. The van der Waals surface area contributed by atoms with Gasteiger partial charge in [-0.2, -0.15) is 0 Å². The summed E-state index contributed by atoms with van der Waals surface area (Å²) in [5.74, 6) is 0.193. The van der Waals surface area contributed by atoms with E-state index in [0.717, 1.165) is 6.42 Å². The van der Waals surface area contributed by atoms with Gasteiger partial charge in [-0.3, -0.25) is 9.59 Å². The molecule has 1 rings (SSSR count). The van der Waals surface area contributed by atoms with Crippen LogP contribution in [-0.4, -0.2) is 12.6 Å². The van der Waals surface area contributed by atoms with E-state index >= 15 is 0 Å². The summed E-state index contributed by atoms with van der Waals surface area (Å²) in [6.45, 7) is 6.31. The van der Waals surface area contributed by atoms with Gasteiger partial charge in [0.25, 0.3) is 10.9 Å². The minimum atomic E-state index is -0.516. The molecule has 4 heteroatoms. The van der Waals surface area contributed by atoms with Gasteiger partial charge >= 0.3 is 0 Å². The van der Waals surface area contributed by atoms with Crippen molar-refractivity contribution in [3.05, 3.63) is 20.4 Å². The molecule has 0 fully saturated rings. The lowest BCUT2D eigenvalue weighted by molar-refractivity contribution is 0.238. The first kappa shape index (κ1) is 10.8.